The van der Waals surface area contributed by atoms with Crippen molar-refractivity contribution in [2.75, 3.05) is 25.2 Å². The molecule has 0 N–H and O–H groups in total. The number of amides is 1. The number of aromatic nitrogens is 2. The average Bonchev–Trinajstić information content (AvgIpc) is 3.23. The Hall–Kier alpha value is -2.35. The van der Waals surface area contributed by atoms with E-state index in [0.717, 1.165) is 12.1 Å². The van der Waals surface area contributed by atoms with Crippen molar-refractivity contribution in [1.29, 1.82) is 0 Å². The summed E-state index contributed by atoms with van der Waals surface area (Å²) in [6.45, 7) is 2.45. The first-order valence-corrected chi connectivity index (χ1v) is 10.5. The van der Waals surface area contributed by atoms with Gasteiger partial charge in [-0.1, -0.05) is 25.1 Å². The molecule has 7 nitrogen and oxygen atoms in total. The normalized spacial score (nSPS) is 18.6. The van der Waals surface area contributed by atoms with E-state index in [0.29, 0.717) is 18.7 Å². The lowest BCUT2D eigenvalue weighted by Crippen LogP contribution is -2.42. The number of benzene rings is 1. The van der Waals surface area contributed by atoms with Gasteiger partial charge in [-0.05, 0) is 25.0 Å². The number of carbonyl (C=O) groups is 1. The van der Waals surface area contributed by atoms with Crippen molar-refractivity contribution in [2.45, 2.75) is 25.8 Å². The molecule has 1 aliphatic heterocycles. The first-order chi connectivity index (χ1) is 12.4. The maximum Gasteiger partial charge on any atom is 0.278 e. The number of carbonyl (C=O) groups excluding carboxylic acids is 1. The minimum absolute atomic E-state index is 0.0143. The Kier molecular flexibility index (Phi) is 5.31. The molecule has 1 fully saturated rings. The molecule has 140 valence electrons. The Morgan fingerprint density at radius 1 is 1.35 bits per heavy atom. The van der Waals surface area contributed by atoms with Crippen molar-refractivity contribution in [1.82, 2.24) is 14.7 Å². The molecule has 1 unspecified atom stereocenters. The van der Waals surface area contributed by atoms with Crippen LogP contribution in [0.25, 0.3) is 5.69 Å². The zero-order valence-corrected chi connectivity index (χ0v) is 15.8. The topological polar surface area (TPSA) is 81.5 Å². The van der Waals surface area contributed by atoms with Gasteiger partial charge in [-0.3, -0.25) is 4.79 Å². The molecular weight excluding hydrogens is 354 g/mol. The van der Waals surface area contributed by atoms with Crippen LogP contribution in [-0.2, 0) is 9.84 Å². The fourth-order valence-electron chi connectivity index (χ4n) is 3.22. The molecule has 0 bridgehead atoms. The van der Waals surface area contributed by atoms with Crippen LogP contribution in [0.4, 0.5) is 0 Å². The first kappa shape index (κ1) is 18.4. The van der Waals surface area contributed by atoms with Crippen molar-refractivity contribution in [3.05, 3.63) is 42.2 Å². The highest BCUT2D eigenvalue weighted by Gasteiger charge is 2.36. The highest BCUT2D eigenvalue weighted by Crippen LogP contribution is 2.25. The fraction of sp³-hybridized carbons (Fsp3) is 0.444. The van der Waals surface area contributed by atoms with Crippen LogP contribution >= 0.6 is 0 Å². The Bertz CT molecular complexity index is 877. The SMILES string of the molecule is CCCN(C(=O)c1nn(-c2ccccc2)cc1OC)C1CCS(=O)(=O)C1. The zero-order chi connectivity index (χ0) is 18.7. The van der Waals surface area contributed by atoms with Gasteiger partial charge in [0.25, 0.3) is 5.91 Å². The summed E-state index contributed by atoms with van der Waals surface area (Å²) in [5, 5.41) is 4.41. The third kappa shape index (κ3) is 3.75. The number of sulfone groups is 1. The number of para-hydroxylation sites is 1. The van der Waals surface area contributed by atoms with E-state index in [1.807, 2.05) is 37.3 Å². The molecule has 2 aromatic rings. The van der Waals surface area contributed by atoms with E-state index in [2.05, 4.69) is 5.10 Å². The predicted octanol–water partition coefficient (Wildman–Crippen LogP) is 1.92. The molecule has 26 heavy (non-hydrogen) atoms. The van der Waals surface area contributed by atoms with Crippen LogP contribution in [-0.4, -0.2) is 60.2 Å². The molecule has 0 spiro atoms. The van der Waals surface area contributed by atoms with Gasteiger partial charge in [0.1, 0.15) is 0 Å². The molecule has 1 amide bonds. The molecule has 0 aliphatic carbocycles. The quantitative estimate of drug-likeness (QED) is 0.768. The van der Waals surface area contributed by atoms with E-state index in [1.165, 1.54) is 7.11 Å². The third-order valence-corrected chi connectivity index (χ3v) is 6.25. The first-order valence-electron chi connectivity index (χ1n) is 8.65. The monoisotopic (exact) mass is 377 g/mol. The molecule has 8 heteroatoms. The van der Waals surface area contributed by atoms with Crippen LogP contribution in [0, 0.1) is 0 Å². The molecule has 1 saturated heterocycles. The largest absolute Gasteiger partial charge is 0.493 e. The summed E-state index contributed by atoms with van der Waals surface area (Å²) >= 11 is 0. The summed E-state index contributed by atoms with van der Waals surface area (Å²) in [5.41, 5.74) is 1.02. The standard InChI is InChI=1S/C18H23N3O4S/c1-3-10-20(15-9-11-26(23,24)13-15)18(22)17-16(25-2)12-21(19-17)14-7-5-4-6-8-14/h4-8,12,15H,3,9-11,13H2,1-2H3. The van der Waals surface area contributed by atoms with E-state index in [9.17, 15) is 13.2 Å². The van der Waals surface area contributed by atoms with E-state index in [4.69, 9.17) is 4.74 Å². The molecule has 0 saturated carbocycles. The van der Waals surface area contributed by atoms with Crippen LogP contribution < -0.4 is 4.74 Å². The molecular formula is C18H23N3O4S. The van der Waals surface area contributed by atoms with Gasteiger partial charge in [0, 0.05) is 12.6 Å². The van der Waals surface area contributed by atoms with E-state index >= 15 is 0 Å². The lowest BCUT2D eigenvalue weighted by molar-refractivity contribution is 0.0687. The van der Waals surface area contributed by atoms with Gasteiger partial charge < -0.3 is 9.64 Å². The summed E-state index contributed by atoms with van der Waals surface area (Å²) in [5.74, 6) is 0.225. The molecule has 3 rings (SSSR count). The zero-order valence-electron chi connectivity index (χ0n) is 15.0. The molecule has 1 aromatic heterocycles. The highest BCUT2D eigenvalue weighted by atomic mass is 32.2. The van der Waals surface area contributed by atoms with Crippen molar-refractivity contribution < 1.29 is 17.9 Å². The van der Waals surface area contributed by atoms with Crippen LogP contribution in [0.2, 0.25) is 0 Å². The Balaban J connectivity index is 1.93. The van der Waals surface area contributed by atoms with E-state index in [1.54, 1.807) is 15.8 Å². The number of rotatable bonds is 6. The maximum absolute atomic E-state index is 13.1. The average molecular weight is 377 g/mol. The van der Waals surface area contributed by atoms with Gasteiger partial charge in [0.05, 0.1) is 30.5 Å². The molecule has 1 aliphatic rings. The summed E-state index contributed by atoms with van der Waals surface area (Å²) < 4.78 is 30.6. The van der Waals surface area contributed by atoms with Crippen molar-refractivity contribution in [2.24, 2.45) is 0 Å². The number of hydrogen-bond donors (Lipinski definition) is 0. The lowest BCUT2D eigenvalue weighted by Gasteiger charge is -2.27. The van der Waals surface area contributed by atoms with Gasteiger partial charge in [-0.2, -0.15) is 5.10 Å². The van der Waals surface area contributed by atoms with Crippen LogP contribution in [0.5, 0.6) is 5.75 Å². The van der Waals surface area contributed by atoms with Crippen LogP contribution in [0.15, 0.2) is 36.5 Å². The Morgan fingerprint density at radius 2 is 2.08 bits per heavy atom. The number of methoxy groups -OCH3 is 1. The maximum atomic E-state index is 13.1. The van der Waals surface area contributed by atoms with Gasteiger partial charge in [-0.25, -0.2) is 13.1 Å². The van der Waals surface area contributed by atoms with Crippen molar-refractivity contribution >= 4 is 15.7 Å². The van der Waals surface area contributed by atoms with Gasteiger partial charge in [-0.15, -0.1) is 0 Å². The molecule has 1 atom stereocenters. The van der Waals surface area contributed by atoms with Gasteiger partial charge in [0.15, 0.2) is 21.3 Å². The smallest absolute Gasteiger partial charge is 0.278 e. The number of hydrogen-bond acceptors (Lipinski definition) is 5. The van der Waals surface area contributed by atoms with E-state index < -0.39 is 9.84 Å². The summed E-state index contributed by atoms with van der Waals surface area (Å²) in [7, 11) is -1.59. The van der Waals surface area contributed by atoms with E-state index in [-0.39, 0.29) is 29.1 Å². The Labute approximate surface area is 153 Å². The number of ether oxygens (including phenoxy) is 1. The summed E-state index contributed by atoms with van der Waals surface area (Å²) in [6, 6.07) is 9.14. The van der Waals surface area contributed by atoms with Gasteiger partial charge >= 0.3 is 0 Å². The van der Waals surface area contributed by atoms with Crippen molar-refractivity contribution in [3.63, 3.8) is 0 Å². The minimum atomic E-state index is -3.08. The second kappa shape index (κ2) is 7.49. The lowest BCUT2D eigenvalue weighted by atomic mass is 10.2. The van der Waals surface area contributed by atoms with Crippen molar-refractivity contribution in [3.8, 4) is 11.4 Å². The second-order valence-corrected chi connectivity index (χ2v) is 8.61. The van der Waals surface area contributed by atoms with Crippen LogP contribution in [0.1, 0.15) is 30.3 Å². The molecule has 0 radical (unpaired) electrons. The molecule has 2 heterocycles. The Morgan fingerprint density at radius 3 is 2.65 bits per heavy atom. The predicted molar refractivity (Wildman–Crippen MR) is 98.5 cm³/mol. The number of nitrogens with zero attached hydrogens (tertiary/aromatic N) is 3. The summed E-state index contributed by atoms with van der Waals surface area (Å²) in [4.78, 5) is 14.8. The highest BCUT2D eigenvalue weighted by molar-refractivity contribution is 7.91. The van der Waals surface area contributed by atoms with Gasteiger partial charge in [0.2, 0.25) is 0 Å². The fourth-order valence-corrected chi connectivity index (χ4v) is 4.95. The third-order valence-electron chi connectivity index (χ3n) is 4.50. The summed E-state index contributed by atoms with van der Waals surface area (Å²) in [6.07, 6.45) is 2.87. The van der Waals surface area contributed by atoms with Crippen LogP contribution in [0.3, 0.4) is 0 Å². The molecule has 1 aromatic carbocycles. The second-order valence-electron chi connectivity index (χ2n) is 6.38. The minimum Gasteiger partial charge on any atom is -0.493 e.